The van der Waals surface area contributed by atoms with E-state index in [9.17, 15) is 4.79 Å². The van der Waals surface area contributed by atoms with Gasteiger partial charge in [-0.05, 0) is 53.0 Å². The summed E-state index contributed by atoms with van der Waals surface area (Å²) in [5.74, 6) is 1.07. The van der Waals surface area contributed by atoms with Crippen molar-refractivity contribution in [3.63, 3.8) is 0 Å². The van der Waals surface area contributed by atoms with Crippen LogP contribution in [0.5, 0.6) is 5.75 Å². The quantitative estimate of drug-likeness (QED) is 0.913. The van der Waals surface area contributed by atoms with Gasteiger partial charge in [-0.1, -0.05) is 6.07 Å². The van der Waals surface area contributed by atoms with Crippen molar-refractivity contribution in [3.05, 3.63) is 28.2 Å². The lowest BCUT2D eigenvalue weighted by Crippen LogP contribution is -2.34. The summed E-state index contributed by atoms with van der Waals surface area (Å²) in [4.78, 5) is 14.2. The molecule has 4 nitrogen and oxygen atoms in total. The van der Waals surface area contributed by atoms with Crippen LogP contribution in [0, 0.1) is 0 Å². The van der Waals surface area contributed by atoms with E-state index in [1.54, 1.807) is 7.11 Å². The first-order valence-corrected chi connectivity index (χ1v) is 7.81. The van der Waals surface area contributed by atoms with Crippen LogP contribution >= 0.6 is 15.9 Å². The molecule has 0 spiro atoms. The molecule has 0 unspecified atom stereocenters. The van der Waals surface area contributed by atoms with E-state index in [2.05, 4.69) is 21.2 Å². The Hall–Kier alpha value is -1.07. The molecule has 0 bridgehead atoms. The summed E-state index contributed by atoms with van der Waals surface area (Å²) < 4.78 is 6.14. The number of halogens is 1. The predicted molar refractivity (Wildman–Crippen MR) is 83.1 cm³/mol. The minimum atomic E-state index is 0.251. The Balaban J connectivity index is 1.87. The lowest BCUT2D eigenvalue weighted by atomic mass is 10.1. The summed E-state index contributed by atoms with van der Waals surface area (Å²) in [6.45, 7) is 3.61. The van der Waals surface area contributed by atoms with Gasteiger partial charge in [-0.3, -0.25) is 4.79 Å². The van der Waals surface area contributed by atoms with Gasteiger partial charge in [-0.15, -0.1) is 0 Å². The van der Waals surface area contributed by atoms with Gasteiger partial charge in [0.15, 0.2) is 0 Å². The average molecular weight is 341 g/mol. The summed E-state index contributed by atoms with van der Waals surface area (Å²) in [5.41, 5.74) is 1.15. The average Bonchev–Trinajstić information content (AvgIpc) is 2.74. The lowest BCUT2D eigenvalue weighted by Gasteiger charge is -2.19. The Kier molecular flexibility index (Phi) is 5.86. The molecule has 1 fully saturated rings. The van der Waals surface area contributed by atoms with Crippen molar-refractivity contribution in [2.45, 2.75) is 19.3 Å². The number of rotatable bonds is 4. The minimum Gasteiger partial charge on any atom is -0.496 e. The molecule has 1 heterocycles. The van der Waals surface area contributed by atoms with Crippen LogP contribution in [0.25, 0.3) is 0 Å². The predicted octanol–water partition coefficient (Wildman–Crippen LogP) is 2.21. The Morgan fingerprint density at radius 2 is 2.25 bits per heavy atom. The van der Waals surface area contributed by atoms with Crippen LogP contribution in [-0.2, 0) is 11.2 Å². The van der Waals surface area contributed by atoms with Crippen molar-refractivity contribution < 1.29 is 9.53 Å². The van der Waals surface area contributed by atoms with Gasteiger partial charge in [0.2, 0.25) is 5.91 Å². The lowest BCUT2D eigenvalue weighted by molar-refractivity contribution is -0.130. The summed E-state index contributed by atoms with van der Waals surface area (Å²) >= 11 is 3.47. The monoisotopic (exact) mass is 340 g/mol. The number of nitrogens with zero attached hydrogens (tertiary/aromatic N) is 1. The van der Waals surface area contributed by atoms with Crippen LogP contribution < -0.4 is 10.1 Å². The second-order valence-electron chi connectivity index (χ2n) is 4.95. The van der Waals surface area contributed by atoms with Gasteiger partial charge in [0, 0.05) is 26.1 Å². The van der Waals surface area contributed by atoms with E-state index in [0.717, 1.165) is 54.8 Å². The first-order valence-electron chi connectivity index (χ1n) is 7.01. The molecule has 1 aromatic rings. The van der Waals surface area contributed by atoms with Gasteiger partial charge in [0.05, 0.1) is 11.6 Å². The molecule has 2 rings (SSSR count). The number of benzene rings is 1. The van der Waals surface area contributed by atoms with Gasteiger partial charge < -0.3 is 15.0 Å². The number of hydrogen-bond donors (Lipinski definition) is 1. The summed E-state index contributed by atoms with van der Waals surface area (Å²) in [6.07, 6.45) is 2.38. The Labute approximate surface area is 128 Å². The molecule has 0 atom stereocenters. The van der Waals surface area contributed by atoms with E-state index in [-0.39, 0.29) is 5.91 Å². The normalized spacial score (nSPS) is 15.8. The van der Waals surface area contributed by atoms with E-state index in [4.69, 9.17) is 4.74 Å². The molecule has 1 aliphatic heterocycles. The third kappa shape index (κ3) is 4.21. The number of ether oxygens (including phenoxy) is 1. The van der Waals surface area contributed by atoms with Gasteiger partial charge in [0.25, 0.3) is 0 Å². The molecule has 0 aliphatic carbocycles. The molecule has 110 valence electrons. The second kappa shape index (κ2) is 7.64. The third-order valence-electron chi connectivity index (χ3n) is 3.54. The smallest absolute Gasteiger partial charge is 0.222 e. The fourth-order valence-electron chi connectivity index (χ4n) is 2.37. The number of hydrogen-bond acceptors (Lipinski definition) is 3. The maximum absolute atomic E-state index is 12.2. The fraction of sp³-hybridized carbons (Fsp3) is 0.533. The van der Waals surface area contributed by atoms with Crippen molar-refractivity contribution in [3.8, 4) is 5.75 Å². The molecule has 0 radical (unpaired) electrons. The minimum absolute atomic E-state index is 0.251. The first-order chi connectivity index (χ1) is 9.70. The Morgan fingerprint density at radius 1 is 1.40 bits per heavy atom. The van der Waals surface area contributed by atoms with Crippen molar-refractivity contribution in [2.24, 2.45) is 0 Å². The molecule has 1 saturated heterocycles. The van der Waals surface area contributed by atoms with E-state index in [0.29, 0.717) is 6.42 Å². The van der Waals surface area contributed by atoms with Crippen LogP contribution in [0.3, 0.4) is 0 Å². The van der Waals surface area contributed by atoms with E-state index in [1.165, 1.54) is 0 Å². The Bertz CT molecular complexity index is 457. The van der Waals surface area contributed by atoms with Crippen LogP contribution in [0.1, 0.15) is 18.4 Å². The Morgan fingerprint density at radius 3 is 3.00 bits per heavy atom. The highest BCUT2D eigenvalue weighted by Gasteiger charge is 2.15. The SMILES string of the molecule is COc1ccc(CCC(=O)N2CCCNCC2)cc1Br. The third-order valence-corrected chi connectivity index (χ3v) is 4.16. The van der Waals surface area contributed by atoms with Gasteiger partial charge in [-0.25, -0.2) is 0 Å². The van der Waals surface area contributed by atoms with Crippen LogP contribution in [0.2, 0.25) is 0 Å². The van der Waals surface area contributed by atoms with Crippen LogP contribution in [0.15, 0.2) is 22.7 Å². The number of carbonyl (C=O) groups excluding carboxylic acids is 1. The maximum Gasteiger partial charge on any atom is 0.222 e. The molecular formula is C15H21BrN2O2. The van der Waals surface area contributed by atoms with Crippen molar-refractivity contribution >= 4 is 21.8 Å². The summed E-state index contributed by atoms with van der Waals surface area (Å²) in [5, 5.41) is 3.31. The van der Waals surface area contributed by atoms with Crippen LogP contribution in [0.4, 0.5) is 0 Å². The van der Waals surface area contributed by atoms with E-state index in [1.807, 2.05) is 23.1 Å². The molecule has 20 heavy (non-hydrogen) atoms. The fourth-order valence-corrected chi connectivity index (χ4v) is 2.96. The molecule has 1 N–H and O–H groups in total. The zero-order valence-corrected chi connectivity index (χ0v) is 13.4. The van der Waals surface area contributed by atoms with Crippen molar-refractivity contribution in [1.82, 2.24) is 10.2 Å². The molecule has 1 amide bonds. The number of nitrogens with one attached hydrogen (secondary N) is 1. The maximum atomic E-state index is 12.2. The molecule has 1 aliphatic rings. The number of methoxy groups -OCH3 is 1. The first kappa shape index (κ1) is 15.3. The standard InChI is InChI=1S/C15H21BrN2O2/c1-20-14-5-3-12(11-13(14)16)4-6-15(19)18-9-2-7-17-8-10-18/h3,5,11,17H,2,4,6-10H2,1H3. The van der Waals surface area contributed by atoms with E-state index >= 15 is 0 Å². The highest BCUT2D eigenvalue weighted by atomic mass is 79.9. The van der Waals surface area contributed by atoms with Crippen molar-refractivity contribution in [1.29, 1.82) is 0 Å². The van der Waals surface area contributed by atoms with Gasteiger partial charge >= 0.3 is 0 Å². The molecule has 0 saturated carbocycles. The molecule has 1 aromatic carbocycles. The second-order valence-corrected chi connectivity index (χ2v) is 5.81. The topological polar surface area (TPSA) is 41.6 Å². The molecule has 0 aromatic heterocycles. The zero-order valence-electron chi connectivity index (χ0n) is 11.8. The highest BCUT2D eigenvalue weighted by Crippen LogP contribution is 2.26. The van der Waals surface area contributed by atoms with Gasteiger partial charge in [-0.2, -0.15) is 0 Å². The largest absolute Gasteiger partial charge is 0.496 e. The summed E-state index contributed by atoms with van der Waals surface area (Å²) in [7, 11) is 1.65. The van der Waals surface area contributed by atoms with Crippen LogP contribution in [-0.4, -0.2) is 44.1 Å². The number of amides is 1. The number of carbonyl (C=O) groups is 1. The number of aryl methyl sites for hydroxylation is 1. The zero-order chi connectivity index (χ0) is 14.4. The molecule has 5 heteroatoms. The van der Waals surface area contributed by atoms with E-state index < -0.39 is 0 Å². The highest BCUT2D eigenvalue weighted by molar-refractivity contribution is 9.10. The van der Waals surface area contributed by atoms with Crippen molar-refractivity contribution in [2.75, 3.05) is 33.3 Å². The summed E-state index contributed by atoms with van der Waals surface area (Å²) in [6, 6.07) is 5.97. The molecular weight excluding hydrogens is 320 g/mol. The van der Waals surface area contributed by atoms with Gasteiger partial charge in [0.1, 0.15) is 5.75 Å².